The molecule has 2 aromatic carbocycles. The summed E-state index contributed by atoms with van der Waals surface area (Å²) < 4.78 is 8.31. The van der Waals surface area contributed by atoms with Crippen LogP contribution in [-0.2, 0) is 4.79 Å². The number of nitrogens with one attached hydrogen (secondary N) is 2. The average molecular weight is 485 g/mol. The molecule has 0 spiro atoms. The van der Waals surface area contributed by atoms with Crippen LogP contribution in [-0.4, -0.2) is 32.8 Å². The highest BCUT2D eigenvalue weighted by atomic mass is 32.2. The lowest BCUT2D eigenvalue weighted by Crippen LogP contribution is -2.16. The number of H-pyrrole nitrogens is 1. The molecular formula is C22H20N4O3S3. The Bertz CT molecular complexity index is 1390. The van der Waals surface area contributed by atoms with Crippen LogP contribution in [0, 0.1) is 10.9 Å². The lowest BCUT2D eigenvalue weighted by atomic mass is 10.2. The van der Waals surface area contributed by atoms with E-state index in [4.69, 9.17) is 17.0 Å². The van der Waals surface area contributed by atoms with Gasteiger partial charge in [-0.1, -0.05) is 52.9 Å². The second kappa shape index (κ2) is 9.68. The van der Waals surface area contributed by atoms with Crippen molar-refractivity contribution in [3.05, 3.63) is 68.4 Å². The summed E-state index contributed by atoms with van der Waals surface area (Å²) >= 11 is 7.85. The zero-order valence-corrected chi connectivity index (χ0v) is 19.8. The summed E-state index contributed by atoms with van der Waals surface area (Å²) in [6.07, 6.45) is 0. The number of carbonyl (C=O) groups is 1. The number of para-hydroxylation sites is 2. The normalized spacial score (nSPS) is 10.9. The summed E-state index contributed by atoms with van der Waals surface area (Å²) in [6, 6.07) is 15.1. The van der Waals surface area contributed by atoms with E-state index in [1.165, 1.54) is 11.3 Å². The molecule has 10 heteroatoms. The first-order valence-corrected chi connectivity index (χ1v) is 12.0. The van der Waals surface area contributed by atoms with Crippen molar-refractivity contribution in [3.63, 3.8) is 0 Å². The molecule has 4 rings (SSSR count). The molecule has 7 nitrogen and oxygen atoms in total. The molecule has 0 aliphatic carbocycles. The first-order valence-electron chi connectivity index (χ1n) is 9.83. The number of nitrogens with zero attached hydrogens (tertiary/aromatic N) is 2. The van der Waals surface area contributed by atoms with Crippen molar-refractivity contribution in [3.8, 4) is 11.4 Å². The van der Waals surface area contributed by atoms with Gasteiger partial charge in [0.1, 0.15) is 10.4 Å². The van der Waals surface area contributed by atoms with E-state index >= 15 is 0 Å². The standard InChI is InChI=1S/C22H20N4O3S3/c1-3-29-16-7-5-4-6-15(16)23-17(27)12-31-21-24-19-18(20(28)25-21)32-22(30)26(19)14-10-8-13(2)9-11-14/h4-11H,3,12H2,1-2H3,(H,23,27)(H,24,25,28). The molecule has 164 valence electrons. The summed E-state index contributed by atoms with van der Waals surface area (Å²) in [5.74, 6) is 0.451. The van der Waals surface area contributed by atoms with Crippen molar-refractivity contribution in [1.82, 2.24) is 14.5 Å². The minimum atomic E-state index is -0.276. The van der Waals surface area contributed by atoms with Crippen LogP contribution in [0.4, 0.5) is 5.69 Å². The molecule has 0 radical (unpaired) electrons. The fraction of sp³-hybridized carbons (Fsp3) is 0.182. The van der Waals surface area contributed by atoms with E-state index in [0.29, 0.717) is 37.5 Å². The quantitative estimate of drug-likeness (QED) is 0.219. The highest BCUT2D eigenvalue weighted by Gasteiger charge is 2.15. The largest absolute Gasteiger partial charge is 0.492 e. The van der Waals surface area contributed by atoms with Crippen LogP contribution in [0.15, 0.2) is 58.5 Å². The molecule has 2 N–H and O–H groups in total. The molecule has 0 saturated carbocycles. The molecule has 0 aliphatic heterocycles. The highest BCUT2D eigenvalue weighted by Crippen LogP contribution is 2.26. The molecule has 32 heavy (non-hydrogen) atoms. The lowest BCUT2D eigenvalue weighted by Gasteiger charge is -2.11. The zero-order chi connectivity index (χ0) is 22.7. The molecular weight excluding hydrogens is 464 g/mol. The van der Waals surface area contributed by atoms with Gasteiger partial charge in [0.25, 0.3) is 5.56 Å². The first kappa shape index (κ1) is 22.3. The van der Waals surface area contributed by atoms with Crippen molar-refractivity contribution in [2.45, 2.75) is 19.0 Å². The minimum absolute atomic E-state index is 0.0737. The monoisotopic (exact) mass is 484 g/mol. The number of thiazole rings is 1. The van der Waals surface area contributed by atoms with Crippen LogP contribution in [0.1, 0.15) is 12.5 Å². The number of thioether (sulfide) groups is 1. The van der Waals surface area contributed by atoms with Crippen LogP contribution < -0.4 is 15.6 Å². The van der Waals surface area contributed by atoms with Crippen LogP contribution >= 0.6 is 35.3 Å². The van der Waals surface area contributed by atoms with E-state index in [9.17, 15) is 9.59 Å². The fourth-order valence-corrected chi connectivity index (χ4v) is 4.98. The summed E-state index contributed by atoms with van der Waals surface area (Å²) in [4.78, 5) is 32.5. The van der Waals surface area contributed by atoms with Gasteiger partial charge in [0.05, 0.1) is 18.0 Å². The van der Waals surface area contributed by atoms with E-state index in [-0.39, 0.29) is 17.2 Å². The SMILES string of the molecule is CCOc1ccccc1NC(=O)CSc1nc2c(sc(=S)n2-c2ccc(C)cc2)c(=O)[nH]1. The van der Waals surface area contributed by atoms with E-state index in [0.717, 1.165) is 23.0 Å². The molecule has 0 fully saturated rings. The number of benzene rings is 2. The number of ether oxygens (including phenoxy) is 1. The molecule has 0 unspecified atom stereocenters. The Labute approximate surface area is 197 Å². The Morgan fingerprint density at radius 3 is 2.75 bits per heavy atom. The van der Waals surface area contributed by atoms with E-state index in [2.05, 4.69) is 15.3 Å². The summed E-state index contributed by atoms with van der Waals surface area (Å²) in [7, 11) is 0. The van der Waals surface area contributed by atoms with Crippen LogP contribution in [0.25, 0.3) is 16.0 Å². The number of aryl methyl sites for hydroxylation is 1. The van der Waals surface area contributed by atoms with Crippen LogP contribution in [0.3, 0.4) is 0 Å². The lowest BCUT2D eigenvalue weighted by molar-refractivity contribution is -0.113. The average Bonchev–Trinajstić information content (AvgIpc) is 3.11. The van der Waals surface area contributed by atoms with Crippen molar-refractivity contribution in [1.29, 1.82) is 0 Å². The fourth-order valence-electron chi connectivity index (χ4n) is 3.05. The predicted octanol–water partition coefficient (Wildman–Crippen LogP) is 4.94. The van der Waals surface area contributed by atoms with Gasteiger partial charge < -0.3 is 15.0 Å². The summed E-state index contributed by atoms with van der Waals surface area (Å²) in [6.45, 7) is 4.39. The molecule has 0 aliphatic rings. The zero-order valence-electron chi connectivity index (χ0n) is 17.4. The van der Waals surface area contributed by atoms with Gasteiger partial charge in [0, 0.05) is 5.69 Å². The van der Waals surface area contributed by atoms with Gasteiger partial charge in [-0.15, -0.1) is 0 Å². The Balaban J connectivity index is 1.57. The molecule has 1 amide bonds. The van der Waals surface area contributed by atoms with Crippen LogP contribution in [0.2, 0.25) is 0 Å². The molecule has 4 aromatic rings. The third kappa shape index (κ3) is 4.77. The number of anilines is 1. The maximum atomic E-state index is 12.6. The third-order valence-corrected chi connectivity index (χ3v) is 6.75. The molecule has 2 heterocycles. The Morgan fingerprint density at radius 2 is 2.00 bits per heavy atom. The molecule has 0 bridgehead atoms. The number of aromatic amines is 1. The van der Waals surface area contributed by atoms with Gasteiger partial charge in [-0.2, -0.15) is 0 Å². The Kier molecular flexibility index (Phi) is 6.73. The van der Waals surface area contributed by atoms with Gasteiger partial charge in [-0.05, 0) is 50.3 Å². The predicted molar refractivity (Wildman–Crippen MR) is 132 cm³/mol. The van der Waals surface area contributed by atoms with Gasteiger partial charge in [-0.25, -0.2) is 4.98 Å². The van der Waals surface area contributed by atoms with E-state index in [1.807, 2.05) is 50.2 Å². The van der Waals surface area contributed by atoms with Crippen molar-refractivity contribution < 1.29 is 9.53 Å². The van der Waals surface area contributed by atoms with Gasteiger partial charge >= 0.3 is 0 Å². The first-order chi connectivity index (χ1) is 15.5. The van der Waals surface area contributed by atoms with Gasteiger partial charge in [0.15, 0.2) is 14.8 Å². The van der Waals surface area contributed by atoms with Gasteiger partial charge in [0.2, 0.25) is 5.91 Å². The topological polar surface area (TPSA) is 89.0 Å². The van der Waals surface area contributed by atoms with E-state index in [1.54, 1.807) is 16.7 Å². The number of fused-ring (bicyclic) bond motifs is 1. The van der Waals surface area contributed by atoms with Crippen molar-refractivity contribution >= 4 is 57.3 Å². The Morgan fingerprint density at radius 1 is 1.25 bits per heavy atom. The smallest absolute Gasteiger partial charge is 0.271 e. The maximum absolute atomic E-state index is 12.6. The number of rotatable bonds is 7. The van der Waals surface area contributed by atoms with E-state index < -0.39 is 0 Å². The summed E-state index contributed by atoms with van der Waals surface area (Å²) in [5, 5.41) is 3.19. The number of amides is 1. The second-order valence-electron chi connectivity index (χ2n) is 6.83. The van der Waals surface area contributed by atoms with Gasteiger partial charge in [-0.3, -0.25) is 14.2 Å². The van der Waals surface area contributed by atoms with Crippen LogP contribution in [0.5, 0.6) is 5.75 Å². The van der Waals surface area contributed by atoms with Crippen molar-refractivity contribution in [2.75, 3.05) is 17.7 Å². The molecule has 0 saturated heterocycles. The maximum Gasteiger partial charge on any atom is 0.271 e. The number of aromatic nitrogens is 3. The third-order valence-electron chi connectivity index (χ3n) is 4.51. The Hall–Kier alpha value is -2.95. The second-order valence-corrected chi connectivity index (χ2v) is 9.44. The highest BCUT2D eigenvalue weighted by molar-refractivity contribution is 7.99. The summed E-state index contributed by atoms with van der Waals surface area (Å²) in [5.41, 5.74) is 2.77. The number of carbonyl (C=O) groups excluding carboxylic acids is 1. The molecule has 2 aromatic heterocycles. The number of hydrogen-bond donors (Lipinski definition) is 2. The molecule has 0 atom stereocenters. The number of hydrogen-bond acceptors (Lipinski definition) is 7. The minimum Gasteiger partial charge on any atom is -0.492 e. The van der Waals surface area contributed by atoms with Crippen molar-refractivity contribution in [2.24, 2.45) is 0 Å².